The van der Waals surface area contributed by atoms with Gasteiger partial charge in [-0.25, -0.2) is 8.42 Å². The molecule has 30 heavy (non-hydrogen) atoms. The van der Waals surface area contributed by atoms with Gasteiger partial charge in [0, 0.05) is 24.5 Å². The number of halogens is 1. The summed E-state index contributed by atoms with van der Waals surface area (Å²) < 4.78 is 36.5. The van der Waals surface area contributed by atoms with Crippen molar-refractivity contribution in [3.63, 3.8) is 0 Å². The van der Waals surface area contributed by atoms with Crippen molar-refractivity contribution in [3.8, 4) is 5.75 Å². The molecule has 0 fully saturated rings. The van der Waals surface area contributed by atoms with Crippen molar-refractivity contribution in [3.05, 3.63) is 59.1 Å². The molecule has 0 spiro atoms. The third-order valence-corrected chi connectivity index (χ3v) is 5.67. The van der Waals surface area contributed by atoms with E-state index < -0.39 is 10.0 Å². The van der Waals surface area contributed by atoms with E-state index >= 15 is 0 Å². The molecule has 9 heteroatoms. The third-order valence-electron chi connectivity index (χ3n) is 4.26. The Morgan fingerprint density at radius 3 is 2.57 bits per heavy atom. The van der Waals surface area contributed by atoms with Crippen LogP contribution in [0.1, 0.15) is 18.4 Å². The number of methoxy groups -OCH3 is 1. The van der Waals surface area contributed by atoms with Crippen molar-refractivity contribution in [2.45, 2.75) is 19.4 Å². The zero-order valence-corrected chi connectivity index (χ0v) is 18.7. The summed E-state index contributed by atoms with van der Waals surface area (Å²) in [6.45, 7) is 1.41. The minimum atomic E-state index is -3.57. The summed E-state index contributed by atoms with van der Waals surface area (Å²) >= 11 is 6.02. The lowest BCUT2D eigenvalue weighted by Crippen LogP contribution is -2.33. The molecule has 7 nitrogen and oxygen atoms in total. The van der Waals surface area contributed by atoms with E-state index in [2.05, 4.69) is 5.32 Å². The molecule has 0 bridgehead atoms. The number of carbonyl (C=O) groups is 1. The summed E-state index contributed by atoms with van der Waals surface area (Å²) in [7, 11) is -2.11. The lowest BCUT2D eigenvalue weighted by atomic mass is 10.2. The number of nitrogens with one attached hydrogen (secondary N) is 1. The maximum Gasteiger partial charge on any atom is 0.232 e. The Kier molecular flexibility index (Phi) is 9.42. The first-order chi connectivity index (χ1) is 14.3. The Hall–Kier alpha value is -2.29. The monoisotopic (exact) mass is 454 g/mol. The van der Waals surface area contributed by atoms with Crippen LogP contribution in [0.3, 0.4) is 0 Å². The normalized spacial score (nSPS) is 11.2. The minimum Gasteiger partial charge on any atom is -0.495 e. The average molecular weight is 455 g/mol. The SMILES string of the molecule is COc1ccc(Cl)cc1N(CCCC(=O)NCCOCc1ccccc1)S(C)(=O)=O. The predicted octanol–water partition coefficient (Wildman–Crippen LogP) is 3.23. The number of hydrogen-bond acceptors (Lipinski definition) is 5. The molecule has 0 radical (unpaired) electrons. The van der Waals surface area contributed by atoms with Gasteiger partial charge in [0.25, 0.3) is 0 Å². The van der Waals surface area contributed by atoms with Gasteiger partial charge in [0.2, 0.25) is 15.9 Å². The van der Waals surface area contributed by atoms with E-state index in [1.165, 1.54) is 17.5 Å². The van der Waals surface area contributed by atoms with Crippen LogP contribution in [0, 0.1) is 0 Å². The molecule has 0 aliphatic rings. The van der Waals surface area contributed by atoms with Gasteiger partial charge in [-0.05, 0) is 30.2 Å². The molecule has 0 saturated heterocycles. The molecule has 0 saturated carbocycles. The Labute approximate surface area is 183 Å². The van der Waals surface area contributed by atoms with Crippen LogP contribution in [-0.4, -0.2) is 47.4 Å². The van der Waals surface area contributed by atoms with Gasteiger partial charge in [-0.3, -0.25) is 9.10 Å². The van der Waals surface area contributed by atoms with E-state index in [9.17, 15) is 13.2 Å². The third kappa shape index (κ3) is 7.85. The Bertz CT molecular complexity index is 922. The molecule has 0 unspecified atom stereocenters. The van der Waals surface area contributed by atoms with E-state index in [0.29, 0.717) is 42.6 Å². The molecule has 0 heterocycles. The maximum atomic E-state index is 12.3. The molecule has 164 valence electrons. The average Bonchev–Trinajstić information content (AvgIpc) is 2.71. The number of nitrogens with zero attached hydrogens (tertiary/aromatic N) is 1. The lowest BCUT2D eigenvalue weighted by Gasteiger charge is -2.24. The number of rotatable bonds is 12. The highest BCUT2D eigenvalue weighted by Gasteiger charge is 2.21. The Morgan fingerprint density at radius 1 is 1.17 bits per heavy atom. The van der Waals surface area contributed by atoms with Gasteiger partial charge in [0.15, 0.2) is 0 Å². The zero-order chi connectivity index (χ0) is 22.0. The van der Waals surface area contributed by atoms with Crippen LogP contribution in [0.5, 0.6) is 5.75 Å². The van der Waals surface area contributed by atoms with Gasteiger partial charge in [0.1, 0.15) is 5.75 Å². The fourth-order valence-corrected chi connectivity index (χ4v) is 3.95. The van der Waals surface area contributed by atoms with E-state index in [4.69, 9.17) is 21.1 Å². The van der Waals surface area contributed by atoms with Crippen molar-refractivity contribution in [2.75, 3.05) is 37.4 Å². The van der Waals surface area contributed by atoms with Crippen LogP contribution in [-0.2, 0) is 26.2 Å². The van der Waals surface area contributed by atoms with Gasteiger partial charge >= 0.3 is 0 Å². The Morgan fingerprint density at radius 2 is 1.90 bits per heavy atom. The summed E-state index contributed by atoms with van der Waals surface area (Å²) in [6, 6.07) is 14.5. The number of sulfonamides is 1. The fourth-order valence-electron chi connectivity index (χ4n) is 2.82. The largest absolute Gasteiger partial charge is 0.495 e. The summed E-state index contributed by atoms with van der Waals surface area (Å²) in [5.41, 5.74) is 1.42. The number of ether oxygens (including phenoxy) is 2. The molecular weight excluding hydrogens is 428 g/mol. The smallest absolute Gasteiger partial charge is 0.232 e. The van der Waals surface area contributed by atoms with E-state index in [1.54, 1.807) is 12.1 Å². The standard InChI is InChI=1S/C21H27ClN2O5S/c1-28-20-11-10-18(22)15-19(20)24(30(2,26)27)13-6-9-21(25)23-12-14-29-16-17-7-4-3-5-8-17/h3-5,7-8,10-11,15H,6,9,12-14,16H2,1-2H3,(H,23,25). The lowest BCUT2D eigenvalue weighted by molar-refractivity contribution is -0.121. The fraction of sp³-hybridized carbons (Fsp3) is 0.381. The van der Waals surface area contributed by atoms with Crippen molar-refractivity contribution in [1.29, 1.82) is 0 Å². The minimum absolute atomic E-state index is 0.132. The highest BCUT2D eigenvalue weighted by Crippen LogP contribution is 2.32. The molecule has 0 aliphatic heterocycles. The second-order valence-electron chi connectivity index (χ2n) is 6.64. The van der Waals surface area contributed by atoms with Crippen LogP contribution in [0.4, 0.5) is 5.69 Å². The maximum absolute atomic E-state index is 12.3. The molecule has 1 N–H and O–H groups in total. The highest BCUT2D eigenvalue weighted by atomic mass is 35.5. The number of anilines is 1. The molecule has 0 aromatic heterocycles. The van der Waals surface area contributed by atoms with Crippen molar-refractivity contribution >= 4 is 33.2 Å². The van der Waals surface area contributed by atoms with Crippen LogP contribution < -0.4 is 14.4 Å². The first-order valence-electron chi connectivity index (χ1n) is 9.51. The van der Waals surface area contributed by atoms with Crippen molar-refractivity contribution in [1.82, 2.24) is 5.32 Å². The quantitative estimate of drug-likeness (QED) is 0.498. The van der Waals surface area contributed by atoms with Crippen LogP contribution in [0.25, 0.3) is 0 Å². The first-order valence-corrected chi connectivity index (χ1v) is 11.7. The highest BCUT2D eigenvalue weighted by molar-refractivity contribution is 7.92. The summed E-state index contributed by atoms with van der Waals surface area (Å²) in [6.07, 6.45) is 1.64. The summed E-state index contributed by atoms with van der Waals surface area (Å²) in [5.74, 6) is 0.231. The second-order valence-corrected chi connectivity index (χ2v) is 8.99. The molecule has 0 aliphatic carbocycles. The van der Waals surface area contributed by atoms with Gasteiger partial charge in [-0.15, -0.1) is 0 Å². The molecule has 2 rings (SSSR count). The molecule has 0 atom stereocenters. The van der Waals surface area contributed by atoms with Gasteiger partial charge in [-0.1, -0.05) is 41.9 Å². The van der Waals surface area contributed by atoms with Gasteiger partial charge in [-0.2, -0.15) is 0 Å². The number of amides is 1. The molecule has 1 amide bonds. The second kappa shape index (κ2) is 11.8. The predicted molar refractivity (Wildman–Crippen MR) is 119 cm³/mol. The topological polar surface area (TPSA) is 84.9 Å². The molecule has 2 aromatic carbocycles. The number of hydrogen-bond donors (Lipinski definition) is 1. The van der Waals surface area contributed by atoms with Crippen molar-refractivity contribution in [2.24, 2.45) is 0 Å². The van der Waals surface area contributed by atoms with Gasteiger partial charge in [0.05, 0.1) is 32.3 Å². The van der Waals surface area contributed by atoms with Crippen molar-refractivity contribution < 1.29 is 22.7 Å². The van der Waals surface area contributed by atoms with Crippen LogP contribution in [0.15, 0.2) is 48.5 Å². The van der Waals surface area contributed by atoms with Gasteiger partial charge < -0.3 is 14.8 Å². The summed E-state index contributed by atoms with van der Waals surface area (Å²) in [4.78, 5) is 12.0. The zero-order valence-electron chi connectivity index (χ0n) is 17.1. The summed E-state index contributed by atoms with van der Waals surface area (Å²) in [5, 5.41) is 3.17. The number of carbonyl (C=O) groups excluding carboxylic acids is 1. The molecule has 2 aromatic rings. The molecular formula is C21H27ClN2O5S. The van der Waals surface area contributed by atoms with E-state index in [1.807, 2.05) is 30.3 Å². The van der Waals surface area contributed by atoms with E-state index in [0.717, 1.165) is 11.8 Å². The van der Waals surface area contributed by atoms with Crippen LogP contribution in [0.2, 0.25) is 5.02 Å². The Balaban J connectivity index is 1.78. The number of benzene rings is 2. The first kappa shape index (κ1) is 24.0. The van der Waals surface area contributed by atoms with E-state index in [-0.39, 0.29) is 18.9 Å². The van der Waals surface area contributed by atoms with Crippen LogP contribution >= 0.6 is 11.6 Å².